The van der Waals surface area contributed by atoms with Gasteiger partial charge in [0, 0.05) is 31.5 Å². The standard InChI is InChI=1S/C38H68N2O13/c1-14-26-38(10)32(52-35(44)53-38)23(6)39-18-19(2)16-36(8,45)31(51-34-28(41)25(40(11)12)15-20(3)47-34)21(4)29(22(5)33(43)49-26)50-27-17-37(9,46-13)30(42)24(7)48-27/h19-32,34,39,41-42,45H,14-18H2,1-13H3/t19-,20?,21?,22?,23-,24?,25?,26?,27?,28?,29?,30?,31?,32?,34?,36?,37?,38-/m1/s1. The average molecular weight is 761 g/mol. The van der Waals surface area contributed by atoms with Gasteiger partial charge in [0.05, 0.1) is 41.5 Å². The summed E-state index contributed by atoms with van der Waals surface area (Å²) >= 11 is 0. The number of ether oxygens (including phenoxy) is 8. The smallest absolute Gasteiger partial charge is 0.458 e. The molecule has 4 heterocycles. The summed E-state index contributed by atoms with van der Waals surface area (Å²) in [5, 5.41) is 38.4. The van der Waals surface area contributed by atoms with Crippen LogP contribution in [0.5, 0.6) is 0 Å². The molecule has 0 aromatic carbocycles. The van der Waals surface area contributed by atoms with E-state index in [0.29, 0.717) is 19.4 Å². The van der Waals surface area contributed by atoms with Crippen molar-refractivity contribution in [1.82, 2.24) is 10.2 Å². The molecular weight excluding hydrogens is 692 g/mol. The second kappa shape index (κ2) is 17.2. The maximum atomic E-state index is 14.4. The fraction of sp³-hybridized carbons (Fsp3) is 0.947. The summed E-state index contributed by atoms with van der Waals surface area (Å²) < 4.78 is 49.2. The first-order valence-electron chi connectivity index (χ1n) is 19.3. The van der Waals surface area contributed by atoms with E-state index in [1.54, 1.807) is 34.6 Å². The molecule has 15 unspecified atom stereocenters. The minimum absolute atomic E-state index is 0.131. The highest BCUT2D eigenvalue weighted by Crippen LogP contribution is 2.41. The Bertz CT molecular complexity index is 1240. The van der Waals surface area contributed by atoms with Gasteiger partial charge in [-0.2, -0.15) is 0 Å². The number of nitrogens with one attached hydrogen (secondary N) is 1. The largest absolute Gasteiger partial charge is 0.509 e. The molecule has 4 saturated heterocycles. The van der Waals surface area contributed by atoms with Gasteiger partial charge in [-0.3, -0.25) is 4.79 Å². The number of esters is 1. The average Bonchev–Trinajstić information content (AvgIpc) is 3.40. The van der Waals surface area contributed by atoms with Gasteiger partial charge in [-0.15, -0.1) is 0 Å². The molecule has 0 aromatic heterocycles. The van der Waals surface area contributed by atoms with Crippen LogP contribution in [0.1, 0.15) is 94.9 Å². The third-order valence-electron chi connectivity index (χ3n) is 12.2. The van der Waals surface area contributed by atoms with Crippen molar-refractivity contribution in [2.24, 2.45) is 17.8 Å². The normalized spacial score (nSPS) is 49.3. The van der Waals surface area contributed by atoms with E-state index in [2.05, 4.69) is 5.32 Å². The highest BCUT2D eigenvalue weighted by Gasteiger charge is 2.57. The monoisotopic (exact) mass is 760 g/mol. The quantitative estimate of drug-likeness (QED) is 0.278. The summed E-state index contributed by atoms with van der Waals surface area (Å²) in [5.74, 6) is -2.48. The Hall–Kier alpha value is -1.66. The highest BCUT2D eigenvalue weighted by atomic mass is 16.8. The highest BCUT2D eigenvalue weighted by molar-refractivity contribution is 5.73. The lowest BCUT2D eigenvalue weighted by atomic mass is 9.77. The van der Waals surface area contributed by atoms with Crippen molar-refractivity contribution in [3.05, 3.63) is 0 Å². The second-order valence-electron chi connectivity index (χ2n) is 17.1. The van der Waals surface area contributed by atoms with E-state index in [1.165, 1.54) is 7.11 Å². The van der Waals surface area contributed by atoms with E-state index < -0.39 is 102 Å². The van der Waals surface area contributed by atoms with Gasteiger partial charge in [-0.25, -0.2) is 4.79 Å². The number of hydrogen-bond donors (Lipinski definition) is 4. The van der Waals surface area contributed by atoms with Gasteiger partial charge < -0.3 is 63.4 Å². The maximum Gasteiger partial charge on any atom is 0.509 e. The molecule has 53 heavy (non-hydrogen) atoms. The van der Waals surface area contributed by atoms with Crippen LogP contribution >= 0.6 is 0 Å². The molecule has 0 aliphatic carbocycles. The number of hydrogen-bond acceptors (Lipinski definition) is 15. The summed E-state index contributed by atoms with van der Waals surface area (Å²) in [5.41, 5.74) is -3.87. The maximum absolute atomic E-state index is 14.4. The van der Waals surface area contributed by atoms with E-state index >= 15 is 0 Å². The van der Waals surface area contributed by atoms with E-state index in [-0.39, 0.29) is 30.9 Å². The summed E-state index contributed by atoms with van der Waals surface area (Å²) in [7, 11) is 5.29. The molecule has 4 aliphatic heterocycles. The zero-order valence-corrected chi connectivity index (χ0v) is 34.1. The molecule has 0 radical (unpaired) electrons. The molecule has 4 aliphatic rings. The molecule has 0 bridgehead atoms. The third-order valence-corrected chi connectivity index (χ3v) is 12.2. The minimum atomic E-state index is -1.55. The van der Waals surface area contributed by atoms with Gasteiger partial charge in [0.15, 0.2) is 24.3 Å². The van der Waals surface area contributed by atoms with E-state index in [0.717, 1.165) is 0 Å². The van der Waals surface area contributed by atoms with Crippen molar-refractivity contribution < 1.29 is 62.8 Å². The summed E-state index contributed by atoms with van der Waals surface area (Å²) in [6, 6.07) is -0.669. The van der Waals surface area contributed by atoms with Crippen molar-refractivity contribution in [3.8, 4) is 0 Å². The fourth-order valence-electron chi connectivity index (χ4n) is 8.98. The SMILES string of the molecule is CCC1OC(=O)C(C)C(OC2CC(C)(OC)C(O)C(C)O2)C(C)C(OC2OC(C)CC(N(C)C)C2O)C(C)(O)C[C@@H](C)CN[C@H](C)C2OC(=O)O[C@]12C. The van der Waals surface area contributed by atoms with Crippen molar-refractivity contribution >= 4 is 12.1 Å². The molecule has 4 N–H and O–H groups in total. The van der Waals surface area contributed by atoms with Gasteiger partial charge in [0.2, 0.25) is 0 Å². The second-order valence-corrected chi connectivity index (χ2v) is 17.1. The topological polar surface area (TPSA) is 184 Å². The van der Waals surface area contributed by atoms with Crippen LogP contribution in [0.15, 0.2) is 0 Å². The predicted molar refractivity (Wildman–Crippen MR) is 193 cm³/mol. The lowest BCUT2D eigenvalue weighted by molar-refractivity contribution is -0.318. The molecule has 4 rings (SSSR count). The number of carbonyl (C=O) groups excluding carboxylic acids is 2. The molecule has 4 fully saturated rings. The zero-order chi connectivity index (χ0) is 39.8. The number of rotatable bonds is 7. The molecular formula is C38H68N2O13. The Morgan fingerprint density at radius 2 is 1.62 bits per heavy atom. The Labute approximate surface area is 315 Å². The molecule has 308 valence electrons. The Morgan fingerprint density at radius 3 is 2.23 bits per heavy atom. The Kier molecular flexibility index (Phi) is 14.3. The number of nitrogens with zero attached hydrogens (tertiary/aromatic N) is 1. The van der Waals surface area contributed by atoms with Crippen LogP contribution in [0.25, 0.3) is 0 Å². The lowest BCUT2D eigenvalue weighted by Gasteiger charge is -2.48. The van der Waals surface area contributed by atoms with E-state index in [4.69, 9.17) is 37.9 Å². The summed E-state index contributed by atoms with van der Waals surface area (Å²) in [6.07, 6.45) is -8.19. The molecule has 0 saturated carbocycles. The zero-order valence-electron chi connectivity index (χ0n) is 34.1. The first-order chi connectivity index (χ1) is 24.6. The van der Waals surface area contributed by atoms with Crippen LogP contribution in [0.2, 0.25) is 0 Å². The van der Waals surface area contributed by atoms with Crippen molar-refractivity contribution in [3.63, 3.8) is 0 Å². The minimum Gasteiger partial charge on any atom is -0.458 e. The molecule has 0 spiro atoms. The molecule has 15 heteroatoms. The fourth-order valence-corrected chi connectivity index (χ4v) is 8.98. The summed E-state index contributed by atoms with van der Waals surface area (Å²) in [6.45, 7) is 18.5. The van der Waals surface area contributed by atoms with Gasteiger partial charge in [0.1, 0.15) is 18.3 Å². The van der Waals surface area contributed by atoms with Crippen molar-refractivity contribution in [2.75, 3.05) is 27.7 Å². The number of fused-ring (bicyclic) bond motifs is 1. The van der Waals surface area contributed by atoms with Crippen LogP contribution in [0, 0.1) is 17.8 Å². The number of carbonyl (C=O) groups is 2. The van der Waals surface area contributed by atoms with E-state index in [1.807, 2.05) is 53.6 Å². The molecule has 0 aromatic rings. The number of cyclic esters (lactones) is 1. The van der Waals surface area contributed by atoms with Crippen molar-refractivity contribution in [1.29, 1.82) is 0 Å². The number of aliphatic hydroxyl groups is 3. The molecule has 18 atom stereocenters. The Morgan fingerprint density at radius 1 is 0.962 bits per heavy atom. The van der Waals surface area contributed by atoms with E-state index in [9.17, 15) is 24.9 Å². The Balaban J connectivity index is 1.81. The lowest BCUT2D eigenvalue weighted by Crippen LogP contribution is -2.60. The summed E-state index contributed by atoms with van der Waals surface area (Å²) in [4.78, 5) is 28.9. The molecule has 0 amide bonds. The van der Waals surface area contributed by atoms with Gasteiger partial charge >= 0.3 is 12.1 Å². The van der Waals surface area contributed by atoms with Gasteiger partial charge in [-0.05, 0) is 94.3 Å². The first kappa shape index (κ1) is 44.1. The van der Waals surface area contributed by atoms with Crippen LogP contribution in [-0.4, -0.2) is 150 Å². The van der Waals surface area contributed by atoms with Gasteiger partial charge in [0.25, 0.3) is 0 Å². The number of methoxy groups -OCH3 is 1. The first-order valence-corrected chi connectivity index (χ1v) is 19.3. The number of likely N-dealkylation sites (N-methyl/N-ethyl adjacent to an activating group) is 1. The van der Waals surface area contributed by atoms with Gasteiger partial charge in [-0.1, -0.05) is 20.8 Å². The number of aliphatic hydroxyl groups excluding tert-OH is 2. The van der Waals surface area contributed by atoms with Crippen LogP contribution in [-0.2, 0) is 42.7 Å². The van der Waals surface area contributed by atoms with Crippen molar-refractivity contribution in [2.45, 2.75) is 185 Å². The predicted octanol–water partition coefficient (Wildman–Crippen LogP) is 2.74. The van der Waals surface area contributed by atoms with Crippen LogP contribution in [0.3, 0.4) is 0 Å². The third kappa shape index (κ3) is 9.49. The van der Waals surface area contributed by atoms with Crippen LogP contribution in [0.4, 0.5) is 4.79 Å². The van der Waals surface area contributed by atoms with Crippen LogP contribution < -0.4 is 5.32 Å². The molecule has 15 nitrogen and oxygen atoms in total.